The van der Waals surface area contributed by atoms with Crippen LogP contribution in [0.15, 0.2) is 91.0 Å². The lowest BCUT2D eigenvalue weighted by Gasteiger charge is -2.39. The largest absolute Gasteiger partial charge is 0.437 e. The van der Waals surface area contributed by atoms with Crippen molar-refractivity contribution in [2.24, 2.45) is 0 Å². The summed E-state index contributed by atoms with van der Waals surface area (Å²) in [6, 6.07) is 29.3. The number of rotatable bonds is 22. The molecule has 0 aliphatic heterocycles. The van der Waals surface area contributed by atoms with Crippen LogP contribution in [0.25, 0.3) is 0 Å². The summed E-state index contributed by atoms with van der Waals surface area (Å²) in [7, 11) is -6.79. The molecule has 0 spiro atoms. The molecule has 15 heteroatoms. The minimum Gasteiger partial charge on any atom is -0.437 e. The molecule has 57 heavy (non-hydrogen) atoms. The fourth-order valence-electron chi connectivity index (χ4n) is 6.31. The van der Waals surface area contributed by atoms with Crippen LogP contribution in [0.3, 0.4) is 0 Å². The predicted molar refractivity (Wildman–Crippen MR) is 250 cm³/mol. The Kier molecular flexibility index (Phi) is 24.9. The van der Waals surface area contributed by atoms with Gasteiger partial charge in [0, 0.05) is 56.3 Å². The maximum atomic E-state index is 13.4. The number of likely N-dealkylation sites (N-methyl/N-ethyl adjacent to an activating group) is 1. The van der Waals surface area contributed by atoms with Crippen molar-refractivity contribution in [3.05, 3.63) is 91.0 Å². The van der Waals surface area contributed by atoms with Crippen molar-refractivity contribution in [1.29, 1.82) is 0 Å². The van der Waals surface area contributed by atoms with E-state index in [-0.39, 0.29) is 40.4 Å². The molecule has 0 saturated heterocycles. The second kappa shape index (κ2) is 26.8. The third-order valence-electron chi connectivity index (χ3n) is 8.59. The van der Waals surface area contributed by atoms with E-state index in [0.29, 0.717) is 44.1 Å². The second-order valence-electron chi connectivity index (χ2n) is 15.0. The van der Waals surface area contributed by atoms with Gasteiger partial charge in [0.1, 0.15) is 0 Å². The molecule has 3 rings (SSSR count). The topological polar surface area (TPSA) is 136 Å². The predicted octanol–water partition coefficient (Wildman–Crippen LogP) is 10.3. The van der Waals surface area contributed by atoms with Gasteiger partial charge in [0.15, 0.2) is 16.6 Å². The first-order chi connectivity index (χ1) is 25.7. The van der Waals surface area contributed by atoms with E-state index >= 15 is 0 Å². The summed E-state index contributed by atoms with van der Waals surface area (Å²) in [4.78, 5) is 42.6. The molecule has 3 aromatic carbocycles. The van der Waals surface area contributed by atoms with Crippen molar-refractivity contribution in [2.45, 2.75) is 93.4 Å². The fourth-order valence-corrected chi connectivity index (χ4v) is 20.3. The van der Waals surface area contributed by atoms with E-state index in [1.54, 1.807) is 4.90 Å². The highest BCUT2D eigenvalue weighted by Gasteiger charge is 2.39. The van der Waals surface area contributed by atoms with Crippen LogP contribution in [-0.2, 0) is 8.23 Å². The maximum Gasteiger partial charge on any atom is 0.321 e. The molecule has 6 amide bonds. The van der Waals surface area contributed by atoms with Crippen LogP contribution in [-0.4, -0.2) is 98.9 Å². The Morgan fingerprint density at radius 2 is 0.912 bits per heavy atom. The molecule has 5 N–H and O–H groups in total. The molecule has 0 aromatic heterocycles. The molecule has 0 saturated carbocycles. The summed E-state index contributed by atoms with van der Waals surface area (Å²) >= 11 is 0. The van der Waals surface area contributed by atoms with Gasteiger partial charge in [0.05, 0.1) is 0 Å². The van der Waals surface area contributed by atoms with Crippen molar-refractivity contribution in [3.8, 4) is 0 Å². The van der Waals surface area contributed by atoms with Gasteiger partial charge in [-0.2, -0.15) is 0 Å². The molecular weight excluding hydrogens is 767 g/mol. The third kappa shape index (κ3) is 21.9. The number of carbonyl (C=O) groups is 3. The van der Waals surface area contributed by atoms with Crippen molar-refractivity contribution >= 4 is 60.4 Å². The molecule has 320 valence electrons. The number of benzene rings is 3. The van der Waals surface area contributed by atoms with Gasteiger partial charge in [-0.3, -0.25) is 0 Å². The SMILES string of the molecule is C.C.C.CCNCCN(CCC[Si](C)(C)O[Si](C)(C)O[Si](C)(C)CCCN(CCNC(=O)Nc1ccccc1)C(=O)Nc1ccccc1)C(=O)Nc1ccccc1. The summed E-state index contributed by atoms with van der Waals surface area (Å²) in [5.41, 5.74) is 2.20. The standard InChI is InChI=1S/C39H63N7O5Si3.3CH4/c1-8-40-26-30-45(38(48)43-35-22-14-10-15-23-35)28-18-32-52(2,3)50-54(6,7)51-53(4,5)33-19-29-46(39(49)44-36-24-16-11-17-25-36)31-27-41-37(47)42-34-20-12-9-13-21-34;;;/h9-17,20-25,40H,8,18-19,26-33H2,1-7H3,(H,43,48)(H,44,49)(H2,41,42,47);3*1H4. The molecule has 0 bridgehead atoms. The molecule has 3 aromatic rings. The Hall–Kier alpha value is -4.00. The first-order valence-electron chi connectivity index (χ1n) is 19.1. The monoisotopic (exact) mass is 842 g/mol. The third-order valence-corrected chi connectivity index (χ3v) is 20.1. The summed E-state index contributed by atoms with van der Waals surface area (Å²) in [6.07, 6.45) is 1.61. The van der Waals surface area contributed by atoms with Crippen LogP contribution >= 0.6 is 0 Å². The van der Waals surface area contributed by atoms with Gasteiger partial charge in [-0.25, -0.2) is 14.4 Å². The Morgan fingerprint density at radius 3 is 1.30 bits per heavy atom. The summed E-state index contributed by atoms with van der Waals surface area (Å²) < 4.78 is 13.8. The van der Waals surface area contributed by atoms with E-state index in [1.807, 2.05) is 95.9 Å². The molecule has 0 unspecified atom stereocenters. The molecule has 0 radical (unpaired) electrons. The summed E-state index contributed by atoms with van der Waals surface area (Å²) in [6.45, 7) is 19.3. The fraction of sp³-hybridized carbons (Fsp3) is 0.500. The maximum absolute atomic E-state index is 13.4. The zero-order valence-electron chi connectivity index (χ0n) is 33.4. The van der Waals surface area contributed by atoms with E-state index in [2.05, 4.69) is 72.8 Å². The number of anilines is 3. The Labute approximate surface area is 348 Å². The first-order valence-corrected chi connectivity index (χ1v) is 28.1. The number of urea groups is 3. The lowest BCUT2D eigenvalue weighted by Crippen LogP contribution is -2.52. The molecule has 0 atom stereocenters. The lowest BCUT2D eigenvalue weighted by molar-refractivity contribution is 0.210. The van der Waals surface area contributed by atoms with Gasteiger partial charge < -0.3 is 44.6 Å². The number of hydrogen-bond acceptors (Lipinski definition) is 6. The van der Waals surface area contributed by atoms with Crippen molar-refractivity contribution in [3.63, 3.8) is 0 Å². The Morgan fingerprint density at radius 1 is 0.544 bits per heavy atom. The van der Waals surface area contributed by atoms with Crippen LogP contribution < -0.4 is 26.6 Å². The van der Waals surface area contributed by atoms with Gasteiger partial charge in [0.2, 0.25) is 0 Å². The molecule has 0 aliphatic carbocycles. The highest BCUT2D eigenvalue weighted by Crippen LogP contribution is 2.26. The average Bonchev–Trinajstić information content (AvgIpc) is 3.10. The normalized spacial score (nSPS) is 11.1. The minimum atomic E-state index is -2.49. The van der Waals surface area contributed by atoms with Gasteiger partial charge in [-0.15, -0.1) is 0 Å². The highest BCUT2D eigenvalue weighted by atomic mass is 28.5. The number of carbonyl (C=O) groups excluding carboxylic acids is 3. The van der Waals surface area contributed by atoms with E-state index < -0.39 is 25.2 Å². The van der Waals surface area contributed by atoms with E-state index in [0.717, 1.165) is 43.7 Å². The zero-order valence-corrected chi connectivity index (χ0v) is 36.4. The van der Waals surface area contributed by atoms with Crippen molar-refractivity contribution < 1.29 is 22.6 Å². The van der Waals surface area contributed by atoms with E-state index in [4.69, 9.17) is 8.23 Å². The van der Waals surface area contributed by atoms with E-state index in [1.165, 1.54) is 0 Å². The Bertz CT molecular complexity index is 1560. The minimum absolute atomic E-state index is 0. The quantitative estimate of drug-likeness (QED) is 0.0505. The summed E-state index contributed by atoms with van der Waals surface area (Å²) in [5.74, 6) is 0. The average molecular weight is 842 g/mol. The smallest absolute Gasteiger partial charge is 0.321 e. The number of amides is 6. The van der Waals surface area contributed by atoms with Crippen molar-refractivity contribution in [1.82, 2.24) is 20.4 Å². The van der Waals surface area contributed by atoms with Crippen LogP contribution in [0.4, 0.5) is 31.4 Å². The first kappa shape index (κ1) is 53.0. The Balaban J connectivity index is 0.0000105. The van der Waals surface area contributed by atoms with Gasteiger partial charge in [0.25, 0.3) is 0 Å². The summed E-state index contributed by atoms with van der Waals surface area (Å²) in [5, 5.41) is 15.0. The highest BCUT2D eigenvalue weighted by molar-refractivity contribution is 6.87. The second-order valence-corrected chi connectivity index (χ2v) is 27.5. The lowest BCUT2D eigenvalue weighted by atomic mass is 10.3. The van der Waals surface area contributed by atoms with Gasteiger partial charge >= 0.3 is 26.7 Å². The van der Waals surface area contributed by atoms with Crippen LogP contribution in [0.5, 0.6) is 0 Å². The molecular formula is C42H75N7O5Si3. The molecule has 0 aliphatic rings. The molecule has 0 fully saturated rings. The van der Waals surface area contributed by atoms with Gasteiger partial charge in [-0.1, -0.05) is 83.8 Å². The van der Waals surface area contributed by atoms with Gasteiger partial charge in [-0.05, 0) is 107 Å². The van der Waals surface area contributed by atoms with Crippen LogP contribution in [0, 0.1) is 0 Å². The number of hydrogen-bond donors (Lipinski definition) is 5. The van der Waals surface area contributed by atoms with Crippen LogP contribution in [0.1, 0.15) is 42.0 Å². The number of nitrogens with zero attached hydrogens (tertiary/aromatic N) is 2. The van der Waals surface area contributed by atoms with Crippen LogP contribution in [0.2, 0.25) is 51.4 Å². The molecule has 0 heterocycles. The van der Waals surface area contributed by atoms with E-state index in [9.17, 15) is 14.4 Å². The number of para-hydroxylation sites is 3. The van der Waals surface area contributed by atoms with Crippen molar-refractivity contribution in [2.75, 3.05) is 61.8 Å². The zero-order chi connectivity index (χ0) is 39.5. The molecule has 12 nitrogen and oxygen atoms in total. The number of nitrogens with one attached hydrogen (secondary N) is 5.